The maximum atomic E-state index is 12.4. The van der Waals surface area contributed by atoms with Crippen molar-refractivity contribution in [3.05, 3.63) is 71.6 Å². The first kappa shape index (κ1) is 17.5. The minimum atomic E-state index is -0.494. The molecule has 28 heavy (non-hydrogen) atoms. The van der Waals surface area contributed by atoms with Gasteiger partial charge in [0.2, 0.25) is 11.9 Å². The average molecular weight is 375 g/mol. The number of nitrogen functional groups attached to an aromatic ring is 1. The Morgan fingerprint density at radius 2 is 1.86 bits per heavy atom. The van der Waals surface area contributed by atoms with Crippen LogP contribution in [-0.4, -0.2) is 27.5 Å². The fraction of sp³-hybridized carbons (Fsp3) is 0.100. The molecule has 0 saturated heterocycles. The lowest BCUT2D eigenvalue weighted by Gasteiger charge is -2.16. The summed E-state index contributed by atoms with van der Waals surface area (Å²) in [5, 5.41) is 3.03. The Kier molecular flexibility index (Phi) is 4.83. The Morgan fingerprint density at radius 3 is 2.71 bits per heavy atom. The van der Waals surface area contributed by atoms with Crippen LogP contribution in [0.1, 0.15) is 11.4 Å². The first-order chi connectivity index (χ1) is 13.7. The summed E-state index contributed by atoms with van der Waals surface area (Å²) in [6.45, 7) is 0.0179. The smallest absolute Gasteiger partial charge is 0.337 e. The van der Waals surface area contributed by atoms with Crippen molar-refractivity contribution in [2.45, 2.75) is 6.61 Å². The number of esters is 1. The number of hydrogen-bond acceptors (Lipinski definition) is 8. The Balaban J connectivity index is 1.43. The number of nitrogens with zero attached hydrogens (tertiary/aromatic N) is 3. The normalized spacial score (nSPS) is 12.4. The second-order valence-corrected chi connectivity index (χ2v) is 6.00. The molecular formula is C20H17N5O3. The monoisotopic (exact) mass is 375 g/mol. The number of rotatable bonds is 5. The summed E-state index contributed by atoms with van der Waals surface area (Å²) in [5.41, 5.74) is 7.80. The molecule has 8 nitrogen and oxygen atoms in total. The molecule has 3 aromatic rings. The molecule has 0 spiro atoms. The van der Waals surface area contributed by atoms with Crippen molar-refractivity contribution in [2.24, 2.45) is 0 Å². The van der Waals surface area contributed by atoms with E-state index in [1.54, 1.807) is 6.08 Å². The zero-order chi connectivity index (χ0) is 19.3. The highest BCUT2D eigenvalue weighted by Crippen LogP contribution is 2.26. The summed E-state index contributed by atoms with van der Waals surface area (Å²) in [6, 6.07) is 16.9. The van der Waals surface area contributed by atoms with Gasteiger partial charge in [-0.15, -0.1) is 0 Å². The summed E-state index contributed by atoms with van der Waals surface area (Å²) < 4.78 is 10.9. The SMILES string of the molecule is Nc1nc(COC(=O)C2=Cc3ccccc3OC2)nc(Nc2ccccc2)n1. The molecule has 0 aliphatic carbocycles. The quantitative estimate of drug-likeness (QED) is 0.655. The molecule has 0 saturated carbocycles. The van der Waals surface area contributed by atoms with Gasteiger partial charge in [0.05, 0.1) is 5.57 Å². The molecular weight excluding hydrogens is 358 g/mol. The van der Waals surface area contributed by atoms with Gasteiger partial charge in [0.15, 0.2) is 12.4 Å². The van der Waals surface area contributed by atoms with E-state index in [-0.39, 0.29) is 30.9 Å². The van der Waals surface area contributed by atoms with Gasteiger partial charge in [-0.1, -0.05) is 36.4 Å². The van der Waals surface area contributed by atoms with E-state index in [9.17, 15) is 4.79 Å². The lowest BCUT2D eigenvalue weighted by Crippen LogP contribution is -2.18. The van der Waals surface area contributed by atoms with E-state index >= 15 is 0 Å². The van der Waals surface area contributed by atoms with Gasteiger partial charge < -0.3 is 20.5 Å². The third-order valence-electron chi connectivity index (χ3n) is 3.96. The van der Waals surface area contributed by atoms with Crippen molar-refractivity contribution in [3.63, 3.8) is 0 Å². The molecule has 0 unspecified atom stereocenters. The molecule has 4 rings (SSSR count). The number of para-hydroxylation sites is 2. The maximum Gasteiger partial charge on any atom is 0.337 e. The molecule has 1 aliphatic heterocycles. The van der Waals surface area contributed by atoms with Crippen molar-refractivity contribution >= 4 is 29.6 Å². The first-order valence-electron chi connectivity index (χ1n) is 8.59. The van der Waals surface area contributed by atoms with Gasteiger partial charge in [0.25, 0.3) is 0 Å². The van der Waals surface area contributed by atoms with Crippen molar-refractivity contribution in [2.75, 3.05) is 17.7 Å². The fourth-order valence-corrected chi connectivity index (χ4v) is 2.67. The van der Waals surface area contributed by atoms with Gasteiger partial charge in [-0.2, -0.15) is 15.0 Å². The third-order valence-corrected chi connectivity index (χ3v) is 3.96. The molecule has 0 bridgehead atoms. The van der Waals surface area contributed by atoms with Gasteiger partial charge in [-0.3, -0.25) is 0 Å². The van der Waals surface area contributed by atoms with E-state index in [4.69, 9.17) is 15.2 Å². The fourth-order valence-electron chi connectivity index (χ4n) is 2.67. The van der Waals surface area contributed by atoms with E-state index in [0.717, 1.165) is 17.0 Å². The summed E-state index contributed by atoms with van der Waals surface area (Å²) in [4.78, 5) is 24.7. The Hall–Kier alpha value is -3.94. The predicted octanol–water partition coefficient (Wildman–Crippen LogP) is 2.72. The average Bonchev–Trinajstić information content (AvgIpc) is 2.72. The third kappa shape index (κ3) is 4.07. The van der Waals surface area contributed by atoms with E-state index < -0.39 is 5.97 Å². The van der Waals surface area contributed by atoms with Crippen LogP contribution >= 0.6 is 0 Å². The lowest BCUT2D eigenvalue weighted by atomic mass is 10.1. The molecule has 1 aliphatic rings. The highest BCUT2D eigenvalue weighted by atomic mass is 16.5. The van der Waals surface area contributed by atoms with Crippen LogP contribution in [0.5, 0.6) is 5.75 Å². The summed E-state index contributed by atoms with van der Waals surface area (Å²) >= 11 is 0. The second-order valence-electron chi connectivity index (χ2n) is 6.00. The van der Waals surface area contributed by atoms with Crippen LogP contribution in [0.2, 0.25) is 0 Å². The minimum absolute atomic E-state index is 0.0358. The van der Waals surface area contributed by atoms with Crippen molar-refractivity contribution < 1.29 is 14.3 Å². The summed E-state index contributed by atoms with van der Waals surface area (Å²) in [7, 11) is 0. The number of hydrogen-bond donors (Lipinski definition) is 2. The lowest BCUT2D eigenvalue weighted by molar-refractivity contribution is -0.140. The maximum absolute atomic E-state index is 12.4. The van der Waals surface area contributed by atoms with Gasteiger partial charge in [-0.25, -0.2) is 4.79 Å². The molecule has 3 N–H and O–H groups in total. The molecule has 0 fully saturated rings. The number of carbonyl (C=O) groups is 1. The van der Waals surface area contributed by atoms with E-state index in [1.807, 2.05) is 54.6 Å². The highest BCUT2D eigenvalue weighted by molar-refractivity contribution is 5.95. The molecule has 2 aromatic carbocycles. The zero-order valence-electron chi connectivity index (χ0n) is 14.8. The van der Waals surface area contributed by atoms with Gasteiger partial charge in [0.1, 0.15) is 12.4 Å². The molecule has 2 heterocycles. The van der Waals surface area contributed by atoms with Gasteiger partial charge in [-0.05, 0) is 24.3 Å². The van der Waals surface area contributed by atoms with Crippen molar-refractivity contribution in [3.8, 4) is 5.75 Å². The van der Waals surface area contributed by atoms with Crippen LogP contribution in [0.4, 0.5) is 17.6 Å². The molecule has 0 radical (unpaired) electrons. The molecule has 140 valence electrons. The first-order valence-corrected chi connectivity index (χ1v) is 8.59. The van der Waals surface area contributed by atoms with Gasteiger partial charge in [0, 0.05) is 11.3 Å². The second kappa shape index (κ2) is 7.75. The largest absolute Gasteiger partial charge is 0.488 e. The molecule has 0 atom stereocenters. The van der Waals surface area contributed by atoms with Crippen LogP contribution in [-0.2, 0) is 16.1 Å². The topological polar surface area (TPSA) is 112 Å². The van der Waals surface area contributed by atoms with Crippen LogP contribution < -0.4 is 15.8 Å². The summed E-state index contributed by atoms with van der Waals surface area (Å²) in [5.74, 6) is 0.802. The minimum Gasteiger partial charge on any atom is -0.488 e. The number of benzene rings is 2. The van der Waals surface area contributed by atoms with Crippen molar-refractivity contribution in [1.82, 2.24) is 15.0 Å². The molecule has 0 amide bonds. The van der Waals surface area contributed by atoms with E-state index in [2.05, 4.69) is 20.3 Å². The number of aromatic nitrogens is 3. The summed E-state index contributed by atoms with van der Waals surface area (Å²) in [6.07, 6.45) is 1.76. The Labute approximate surface area is 161 Å². The van der Waals surface area contributed by atoms with Gasteiger partial charge >= 0.3 is 5.97 Å². The van der Waals surface area contributed by atoms with Crippen LogP contribution in [0.25, 0.3) is 6.08 Å². The number of anilines is 3. The molecule has 1 aromatic heterocycles. The molecule has 8 heteroatoms. The van der Waals surface area contributed by atoms with Crippen LogP contribution in [0.3, 0.4) is 0 Å². The van der Waals surface area contributed by atoms with Crippen LogP contribution in [0, 0.1) is 0 Å². The Morgan fingerprint density at radius 1 is 1.07 bits per heavy atom. The number of ether oxygens (including phenoxy) is 2. The van der Waals surface area contributed by atoms with E-state index in [0.29, 0.717) is 5.57 Å². The predicted molar refractivity (Wildman–Crippen MR) is 104 cm³/mol. The van der Waals surface area contributed by atoms with Crippen LogP contribution in [0.15, 0.2) is 60.2 Å². The van der Waals surface area contributed by atoms with E-state index in [1.165, 1.54) is 0 Å². The zero-order valence-corrected chi connectivity index (χ0v) is 14.8. The standard InChI is InChI=1S/C20H17N5O3/c21-19-23-17(24-20(25-19)22-15-7-2-1-3-8-15)12-28-18(26)14-10-13-6-4-5-9-16(13)27-11-14/h1-10H,11-12H2,(H3,21,22,23,24,25). The number of nitrogens with two attached hydrogens (primary N) is 1. The number of nitrogens with one attached hydrogen (secondary N) is 1. The van der Waals surface area contributed by atoms with Crippen molar-refractivity contribution in [1.29, 1.82) is 0 Å². The highest BCUT2D eigenvalue weighted by Gasteiger charge is 2.19. The number of fused-ring (bicyclic) bond motifs is 1. The Bertz CT molecular complexity index is 1040. The number of carbonyl (C=O) groups excluding carboxylic acids is 1.